The van der Waals surface area contributed by atoms with E-state index in [1.165, 1.54) is 31.2 Å². The molecule has 2 heteroatoms. The highest BCUT2D eigenvalue weighted by atomic mass is 16.5. The van der Waals surface area contributed by atoms with Crippen molar-refractivity contribution in [1.82, 2.24) is 5.32 Å². The van der Waals surface area contributed by atoms with Crippen LogP contribution < -0.4 is 10.1 Å². The van der Waals surface area contributed by atoms with Crippen LogP contribution in [-0.2, 0) is 5.41 Å². The molecule has 1 aromatic carbocycles. The number of hydrogen-bond acceptors (Lipinski definition) is 2. The summed E-state index contributed by atoms with van der Waals surface area (Å²) in [6.07, 6.45) is 5.39. The van der Waals surface area contributed by atoms with Crippen molar-refractivity contribution in [2.24, 2.45) is 0 Å². The molecule has 1 aromatic rings. The maximum Gasteiger partial charge on any atom is 0.119 e. The second kappa shape index (κ2) is 4.02. The fourth-order valence-electron chi connectivity index (χ4n) is 3.55. The summed E-state index contributed by atoms with van der Waals surface area (Å²) in [5.74, 6) is 1.00. The lowest BCUT2D eigenvalue weighted by molar-refractivity contribution is 0.344. The van der Waals surface area contributed by atoms with Crippen LogP contribution in [0.1, 0.15) is 49.8 Å². The fraction of sp³-hybridized carbons (Fsp3) is 0.600. The Balaban J connectivity index is 2.11. The predicted octanol–water partition coefficient (Wildman–Crippen LogP) is 3.17. The zero-order valence-corrected chi connectivity index (χ0v) is 10.8. The van der Waals surface area contributed by atoms with Gasteiger partial charge in [0.25, 0.3) is 0 Å². The second-order valence-electron chi connectivity index (χ2n) is 5.54. The topological polar surface area (TPSA) is 21.3 Å². The molecule has 1 spiro atoms. The Morgan fingerprint density at radius 2 is 2.06 bits per heavy atom. The van der Waals surface area contributed by atoms with Gasteiger partial charge in [0.15, 0.2) is 0 Å². The van der Waals surface area contributed by atoms with Gasteiger partial charge in [-0.2, -0.15) is 0 Å². The van der Waals surface area contributed by atoms with Crippen molar-refractivity contribution in [2.45, 2.75) is 44.1 Å². The maximum atomic E-state index is 5.40. The second-order valence-corrected chi connectivity index (χ2v) is 5.54. The SMILES string of the molecule is COc1ccc2c(c1)C1(CCCC1)CNC2C. The van der Waals surface area contributed by atoms with Gasteiger partial charge in [-0.25, -0.2) is 0 Å². The summed E-state index contributed by atoms with van der Waals surface area (Å²) in [6.45, 7) is 3.39. The van der Waals surface area contributed by atoms with Crippen LogP contribution in [0.5, 0.6) is 5.75 Å². The van der Waals surface area contributed by atoms with Gasteiger partial charge in [-0.3, -0.25) is 0 Å². The average molecular weight is 231 g/mol. The minimum Gasteiger partial charge on any atom is -0.497 e. The number of rotatable bonds is 1. The zero-order valence-electron chi connectivity index (χ0n) is 10.8. The molecule has 1 atom stereocenters. The molecule has 1 aliphatic carbocycles. The summed E-state index contributed by atoms with van der Waals surface area (Å²) in [6, 6.07) is 7.08. The average Bonchev–Trinajstić information content (AvgIpc) is 2.84. The fourth-order valence-corrected chi connectivity index (χ4v) is 3.55. The molecular formula is C15H21NO. The van der Waals surface area contributed by atoms with Gasteiger partial charge in [0.2, 0.25) is 0 Å². The molecule has 17 heavy (non-hydrogen) atoms. The van der Waals surface area contributed by atoms with E-state index in [0.717, 1.165) is 12.3 Å². The highest BCUT2D eigenvalue weighted by molar-refractivity contribution is 5.44. The zero-order chi connectivity index (χ0) is 11.9. The van der Waals surface area contributed by atoms with Gasteiger partial charge in [0.05, 0.1) is 7.11 Å². The Bertz CT molecular complexity index is 421. The van der Waals surface area contributed by atoms with Crippen molar-refractivity contribution < 1.29 is 4.74 Å². The largest absolute Gasteiger partial charge is 0.497 e. The van der Waals surface area contributed by atoms with Crippen LogP contribution in [0.25, 0.3) is 0 Å². The summed E-state index contributed by atoms with van der Waals surface area (Å²) in [5.41, 5.74) is 3.40. The van der Waals surface area contributed by atoms with Gasteiger partial charge in [-0.05, 0) is 43.0 Å². The van der Waals surface area contributed by atoms with Gasteiger partial charge in [0.1, 0.15) is 5.75 Å². The van der Waals surface area contributed by atoms with Crippen molar-refractivity contribution in [3.63, 3.8) is 0 Å². The Morgan fingerprint density at radius 3 is 2.76 bits per heavy atom. The van der Waals surface area contributed by atoms with Crippen molar-refractivity contribution in [1.29, 1.82) is 0 Å². The van der Waals surface area contributed by atoms with Gasteiger partial charge < -0.3 is 10.1 Å². The summed E-state index contributed by atoms with van der Waals surface area (Å²) in [4.78, 5) is 0. The highest BCUT2D eigenvalue weighted by Crippen LogP contribution is 2.46. The van der Waals surface area contributed by atoms with E-state index in [2.05, 4.69) is 30.4 Å². The molecule has 92 valence electrons. The Morgan fingerprint density at radius 1 is 1.29 bits per heavy atom. The van der Waals surface area contributed by atoms with E-state index in [-0.39, 0.29) is 0 Å². The quantitative estimate of drug-likeness (QED) is 0.801. The molecule has 0 saturated heterocycles. The molecule has 2 aliphatic rings. The maximum absolute atomic E-state index is 5.40. The van der Waals surface area contributed by atoms with Crippen LogP contribution in [-0.4, -0.2) is 13.7 Å². The van der Waals surface area contributed by atoms with Gasteiger partial charge >= 0.3 is 0 Å². The molecule has 1 saturated carbocycles. The van der Waals surface area contributed by atoms with Crippen LogP contribution in [0.4, 0.5) is 0 Å². The lowest BCUT2D eigenvalue weighted by Gasteiger charge is -2.39. The molecule has 1 fully saturated rings. The first kappa shape index (κ1) is 11.1. The minimum absolute atomic E-state index is 0.385. The van der Waals surface area contributed by atoms with Gasteiger partial charge in [-0.15, -0.1) is 0 Å². The number of hydrogen-bond donors (Lipinski definition) is 1. The van der Waals surface area contributed by atoms with E-state index >= 15 is 0 Å². The molecule has 0 aromatic heterocycles. The standard InChI is InChI=1S/C15H21NO/c1-11-13-6-5-12(17-2)9-14(13)15(10-16-11)7-3-4-8-15/h5-6,9,11,16H,3-4,7-8,10H2,1-2H3. The number of fused-ring (bicyclic) bond motifs is 2. The van der Waals surface area contributed by atoms with Crippen LogP contribution in [0.3, 0.4) is 0 Å². The lowest BCUT2D eigenvalue weighted by Crippen LogP contribution is -2.43. The van der Waals surface area contributed by atoms with Crippen LogP contribution in [0, 0.1) is 0 Å². The molecule has 1 N–H and O–H groups in total. The normalized spacial score (nSPS) is 25.9. The summed E-state index contributed by atoms with van der Waals surface area (Å²) < 4.78 is 5.40. The Labute approximate surface area is 103 Å². The molecule has 1 unspecified atom stereocenters. The van der Waals surface area contributed by atoms with Crippen molar-refractivity contribution in [3.05, 3.63) is 29.3 Å². The highest BCUT2D eigenvalue weighted by Gasteiger charge is 2.40. The monoisotopic (exact) mass is 231 g/mol. The number of nitrogens with one attached hydrogen (secondary N) is 1. The third kappa shape index (κ3) is 1.66. The molecule has 2 nitrogen and oxygen atoms in total. The summed E-state index contributed by atoms with van der Waals surface area (Å²) in [5, 5.41) is 3.67. The summed E-state index contributed by atoms with van der Waals surface area (Å²) in [7, 11) is 1.76. The molecule has 3 rings (SSSR count). The molecule has 0 radical (unpaired) electrons. The third-order valence-electron chi connectivity index (χ3n) is 4.61. The molecule has 1 heterocycles. The Hall–Kier alpha value is -1.02. The first-order chi connectivity index (χ1) is 8.25. The first-order valence-electron chi connectivity index (χ1n) is 6.67. The number of methoxy groups -OCH3 is 1. The van der Waals surface area contributed by atoms with Gasteiger partial charge in [0, 0.05) is 18.0 Å². The van der Waals surface area contributed by atoms with Gasteiger partial charge in [-0.1, -0.05) is 18.9 Å². The van der Waals surface area contributed by atoms with Crippen molar-refractivity contribution in [3.8, 4) is 5.75 Å². The van der Waals surface area contributed by atoms with Crippen LogP contribution >= 0.6 is 0 Å². The van der Waals surface area contributed by atoms with E-state index in [4.69, 9.17) is 4.74 Å². The number of ether oxygens (including phenoxy) is 1. The Kier molecular flexibility index (Phi) is 2.62. The van der Waals surface area contributed by atoms with E-state index in [9.17, 15) is 0 Å². The molecule has 1 aliphatic heterocycles. The number of benzene rings is 1. The lowest BCUT2D eigenvalue weighted by atomic mass is 9.73. The molecule has 0 amide bonds. The summed E-state index contributed by atoms with van der Waals surface area (Å²) >= 11 is 0. The predicted molar refractivity (Wildman–Crippen MR) is 69.6 cm³/mol. The minimum atomic E-state index is 0.385. The molecule has 0 bridgehead atoms. The molecular weight excluding hydrogens is 210 g/mol. The first-order valence-corrected chi connectivity index (χ1v) is 6.67. The van der Waals surface area contributed by atoms with E-state index < -0.39 is 0 Å². The van der Waals surface area contributed by atoms with Crippen LogP contribution in [0.15, 0.2) is 18.2 Å². The van der Waals surface area contributed by atoms with Crippen LogP contribution in [0.2, 0.25) is 0 Å². The van der Waals surface area contributed by atoms with E-state index in [0.29, 0.717) is 11.5 Å². The van der Waals surface area contributed by atoms with E-state index in [1.807, 2.05) is 0 Å². The third-order valence-corrected chi connectivity index (χ3v) is 4.61. The smallest absolute Gasteiger partial charge is 0.119 e. The van der Waals surface area contributed by atoms with Crippen molar-refractivity contribution >= 4 is 0 Å². The van der Waals surface area contributed by atoms with E-state index in [1.54, 1.807) is 12.7 Å². The van der Waals surface area contributed by atoms with Crippen molar-refractivity contribution in [2.75, 3.05) is 13.7 Å².